The average molecular weight is 331 g/mol. The highest BCUT2D eigenvalue weighted by Crippen LogP contribution is 2.16. The molecule has 1 atom stereocenters. The molecule has 2 N–H and O–H groups in total. The van der Waals surface area contributed by atoms with E-state index in [1.54, 1.807) is 0 Å². The van der Waals surface area contributed by atoms with Gasteiger partial charge in [0.1, 0.15) is 12.4 Å². The third kappa shape index (κ3) is 5.09. The summed E-state index contributed by atoms with van der Waals surface area (Å²) in [6.07, 6.45) is -0.433. The van der Waals surface area contributed by atoms with Gasteiger partial charge >= 0.3 is 0 Å². The minimum Gasteiger partial charge on any atom is -0.490 e. The number of benzene rings is 1. The van der Waals surface area contributed by atoms with Crippen LogP contribution in [0.4, 0.5) is 0 Å². The SMILES string of the molecule is Cc1cc(C)n(CCCNC(=O)[C@@H](O)COc2ccccc2C)n1. The fraction of sp³-hybridized carbons (Fsp3) is 0.444. The highest BCUT2D eigenvalue weighted by atomic mass is 16.5. The number of hydrogen-bond donors (Lipinski definition) is 2. The average Bonchev–Trinajstić information content (AvgIpc) is 2.88. The Hall–Kier alpha value is -2.34. The van der Waals surface area contributed by atoms with E-state index in [9.17, 15) is 9.90 Å². The molecule has 0 radical (unpaired) electrons. The molecular formula is C18H25N3O3. The van der Waals surface area contributed by atoms with Crippen LogP contribution < -0.4 is 10.1 Å². The van der Waals surface area contributed by atoms with Crippen molar-refractivity contribution in [2.75, 3.05) is 13.2 Å². The molecule has 2 aromatic rings. The van der Waals surface area contributed by atoms with E-state index in [-0.39, 0.29) is 6.61 Å². The molecule has 0 aliphatic rings. The van der Waals surface area contributed by atoms with Gasteiger partial charge in [-0.1, -0.05) is 18.2 Å². The van der Waals surface area contributed by atoms with Gasteiger partial charge in [-0.3, -0.25) is 9.48 Å². The van der Waals surface area contributed by atoms with Gasteiger partial charge in [0.2, 0.25) is 0 Å². The number of nitrogens with zero attached hydrogens (tertiary/aromatic N) is 2. The van der Waals surface area contributed by atoms with Crippen molar-refractivity contribution in [3.63, 3.8) is 0 Å². The molecule has 130 valence electrons. The molecule has 0 spiro atoms. The molecular weight excluding hydrogens is 306 g/mol. The lowest BCUT2D eigenvalue weighted by molar-refractivity contribution is -0.130. The Bertz CT molecular complexity index is 682. The molecule has 1 heterocycles. The smallest absolute Gasteiger partial charge is 0.252 e. The molecule has 0 saturated heterocycles. The molecule has 0 fully saturated rings. The van der Waals surface area contributed by atoms with Gasteiger partial charge in [-0.05, 0) is 44.9 Å². The molecule has 1 aromatic carbocycles. The van der Waals surface area contributed by atoms with Crippen molar-refractivity contribution in [2.45, 2.75) is 39.8 Å². The van der Waals surface area contributed by atoms with Gasteiger partial charge in [0.25, 0.3) is 5.91 Å². The molecule has 0 aliphatic heterocycles. The number of para-hydroxylation sites is 1. The van der Waals surface area contributed by atoms with Gasteiger partial charge in [0, 0.05) is 18.8 Å². The Morgan fingerprint density at radius 1 is 1.33 bits per heavy atom. The second-order valence-electron chi connectivity index (χ2n) is 5.89. The van der Waals surface area contributed by atoms with Crippen LogP contribution in [0.25, 0.3) is 0 Å². The molecule has 0 saturated carbocycles. The molecule has 1 amide bonds. The lowest BCUT2D eigenvalue weighted by Gasteiger charge is -2.14. The lowest BCUT2D eigenvalue weighted by Crippen LogP contribution is -2.39. The first-order valence-corrected chi connectivity index (χ1v) is 8.12. The summed E-state index contributed by atoms with van der Waals surface area (Å²) >= 11 is 0. The van der Waals surface area contributed by atoms with Gasteiger partial charge < -0.3 is 15.2 Å². The van der Waals surface area contributed by atoms with E-state index in [4.69, 9.17) is 4.74 Å². The highest BCUT2D eigenvalue weighted by Gasteiger charge is 2.15. The van der Waals surface area contributed by atoms with E-state index >= 15 is 0 Å². The molecule has 1 aromatic heterocycles. The van der Waals surface area contributed by atoms with Crippen molar-refractivity contribution in [3.8, 4) is 5.75 Å². The molecule has 2 rings (SSSR count). The van der Waals surface area contributed by atoms with E-state index in [1.807, 2.05) is 55.8 Å². The lowest BCUT2D eigenvalue weighted by atomic mass is 10.2. The van der Waals surface area contributed by atoms with E-state index in [1.165, 1.54) is 0 Å². The summed E-state index contributed by atoms with van der Waals surface area (Å²) < 4.78 is 7.40. The summed E-state index contributed by atoms with van der Waals surface area (Å²) in [7, 11) is 0. The number of aliphatic hydroxyl groups excluding tert-OH is 1. The van der Waals surface area contributed by atoms with Crippen molar-refractivity contribution in [3.05, 3.63) is 47.3 Å². The van der Waals surface area contributed by atoms with Crippen molar-refractivity contribution < 1.29 is 14.6 Å². The van der Waals surface area contributed by atoms with Gasteiger partial charge in [-0.15, -0.1) is 0 Å². The predicted molar refractivity (Wildman–Crippen MR) is 92.0 cm³/mol. The normalized spacial score (nSPS) is 12.0. The van der Waals surface area contributed by atoms with Crippen LogP contribution in [-0.4, -0.2) is 40.0 Å². The standard InChI is InChI=1S/C18H25N3O3/c1-13-7-4-5-8-17(13)24-12-16(22)18(23)19-9-6-10-21-15(3)11-14(2)20-21/h4-5,7-8,11,16,22H,6,9-10,12H2,1-3H3,(H,19,23)/t16-/m0/s1. The van der Waals surface area contributed by atoms with E-state index in [2.05, 4.69) is 10.4 Å². The number of carbonyl (C=O) groups is 1. The van der Waals surface area contributed by atoms with Crippen molar-refractivity contribution >= 4 is 5.91 Å². The van der Waals surface area contributed by atoms with Crippen LogP contribution in [0.1, 0.15) is 23.4 Å². The largest absolute Gasteiger partial charge is 0.490 e. The van der Waals surface area contributed by atoms with Crippen LogP contribution in [0.15, 0.2) is 30.3 Å². The number of ether oxygens (including phenoxy) is 1. The summed E-state index contributed by atoms with van der Waals surface area (Å²) in [6.45, 7) is 7.03. The number of nitrogens with one attached hydrogen (secondary N) is 1. The second-order valence-corrected chi connectivity index (χ2v) is 5.89. The number of amides is 1. The number of aryl methyl sites for hydroxylation is 4. The number of rotatable bonds is 8. The minimum atomic E-state index is -1.18. The van der Waals surface area contributed by atoms with Crippen molar-refractivity contribution in [1.29, 1.82) is 0 Å². The summed E-state index contributed by atoms with van der Waals surface area (Å²) in [5, 5.41) is 17.0. The Kier molecular flexibility index (Phi) is 6.37. The maximum absolute atomic E-state index is 11.9. The minimum absolute atomic E-state index is 0.0614. The molecule has 6 heteroatoms. The zero-order valence-corrected chi connectivity index (χ0v) is 14.5. The third-order valence-electron chi connectivity index (χ3n) is 3.74. The molecule has 0 unspecified atom stereocenters. The van der Waals surface area contributed by atoms with Crippen LogP contribution in [0.5, 0.6) is 5.75 Å². The topological polar surface area (TPSA) is 76.4 Å². The fourth-order valence-corrected chi connectivity index (χ4v) is 2.42. The Labute approximate surface area is 142 Å². The van der Waals surface area contributed by atoms with Crippen LogP contribution in [0.3, 0.4) is 0 Å². The van der Waals surface area contributed by atoms with Crippen LogP contribution >= 0.6 is 0 Å². The van der Waals surface area contributed by atoms with E-state index in [0.717, 1.165) is 29.9 Å². The van der Waals surface area contributed by atoms with Gasteiger partial charge in [-0.2, -0.15) is 5.10 Å². The highest BCUT2D eigenvalue weighted by molar-refractivity contribution is 5.80. The van der Waals surface area contributed by atoms with Crippen LogP contribution in [0, 0.1) is 20.8 Å². The first-order chi connectivity index (χ1) is 11.5. The number of aromatic nitrogens is 2. The number of hydrogen-bond acceptors (Lipinski definition) is 4. The summed E-state index contributed by atoms with van der Waals surface area (Å²) in [5.41, 5.74) is 3.06. The van der Waals surface area contributed by atoms with Gasteiger partial charge in [-0.25, -0.2) is 0 Å². The predicted octanol–water partition coefficient (Wildman–Crippen LogP) is 1.75. The van der Waals surface area contributed by atoms with Crippen molar-refractivity contribution in [1.82, 2.24) is 15.1 Å². The van der Waals surface area contributed by atoms with Crippen LogP contribution in [0.2, 0.25) is 0 Å². The monoisotopic (exact) mass is 331 g/mol. The first kappa shape index (κ1) is 18.0. The fourth-order valence-electron chi connectivity index (χ4n) is 2.42. The quantitative estimate of drug-likeness (QED) is 0.723. The van der Waals surface area contributed by atoms with Gasteiger partial charge in [0.15, 0.2) is 6.10 Å². The zero-order valence-electron chi connectivity index (χ0n) is 14.5. The van der Waals surface area contributed by atoms with Gasteiger partial charge in [0.05, 0.1) is 5.69 Å². The molecule has 0 bridgehead atoms. The maximum atomic E-state index is 11.9. The Balaban J connectivity index is 1.68. The Morgan fingerprint density at radius 2 is 2.08 bits per heavy atom. The summed E-state index contributed by atoms with van der Waals surface area (Å²) in [5.74, 6) is 0.255. The Morgan fingerprint density at radius 3 is 2.75 bits per heavy atom. The first-order valence-electron chi connectivity index (χ1n) is 8.12. The molecule has 24 heavy (non-hydrogen) atoms. The maximum Gasteiger partial charge on any atom is 0.252 e. The molecule has 0 aliphatic carbocycles. The summed E-state index contributed by atoms with van der Waals surface area (Å²) in [6, 6.07) is 9.52. The zero-order chi connectivity index (χ0) is 17.5. The third-order valence-corrected chi connectivity index (χ3v) is 3.74. The number of carbonyl (C=O) groups excluding carboxylic acids is 1. The molecule has 6 nitrogen and oxygen atoms in total. The van der Waals surface area contributed by atoms with E-state index < -0.39 is 12.0 Å². The summed E-state index contributed by atoms with van der Waals surface area (Å²) in [4.78, 5) is 11.9. The van der Waals surface area contributed by atoms with E-state index in [0.29, 0.717) is 12.3 Å². The van der Waals surface area contributed by atoms with Crippen LogP contribution in [-0.2, 0) is 11.3 Å². The second kappa shape index (κ2) is 8.49. The number of aliphatic hydroxyl groups is 1. The van der Waals surface area contributed by atoms with Crippen molar-refractivity contribution in [2.24, 2.45) is 0 Å².